The molecule has 1 aromatic carbocycles. The minimum atomic E-state index is -0.341. The highest BCUT2D eigenvalue weighted by atomic mass is 19.1. The number of aromatic nitrogens is 4. The maximum absolute atomic E-state index is 13.2. The zero-order chi connectivity index (χ0) is 17.6. The Balaban J connectivity index is 2.04. The number of pyridine rings is 1. The van der Waals surface area contributed by atoms with Crippen molar-refractivity contribution in [3.05, 3.63) is 60.3 Å². The lowest BCUT2D eigenvalue weighted by Crippen LogP contribution is -2.25. The largest absolute Gasteiger partial charge is 0.351 e. The van der Waals surface area contributed by atoms with E-state index in [1.165, 1.54) is 16.8 Å². The van der Waals surface area contributed by atoms with E-state index in [1.54, 1.807) is 36.7 Å². The van der Waals surface area contributed by atoms with Crippen molar-refractivity contribution < 1.29 is 9.18 Å². The number of hydrogen-bond donors (Lipinski definition) is 1. The third-order valence-corrected chi connectivity index (χ3v) is 3.73. The van der Waals surface area contributed by atoms with Crippen LogP contribution in [0.25, 0.3) is 16.9 Å². The minimum Gasteiger partial charge on any atom is -0.351 e. The number of rotatable bonds is 6. The highest BCUT2D eigenvalue weighted by Crippen LogP contribution is 2.25. The Bertz CT molecular complexity index is 846. The fraction of sp³-hybridized carbons (Fsp3) is 0.222. The van der Waals surface area contributed by atoms with Gasteiger partial charge in [-0.2, -0.15) is 0 Å². The number of nitrogens with one attached hydrogen (secondary N) is 1. The number of hydrogen-bond acceptors (Lipinski definition) is 4. The average Bonchev–Trinajstić information content (AvgIpc) is 3.08. The molecule has 0 spiro atoms. The van der Waals surface area contributed by atoms with Crippen LogP contribution in [0.2, 0.25) is 0 Å². The second-order valence-electron chi connectivity index (χ2n) is 5.52. The summed E-state index contributed by atoms with van der Waals surface area (Å²) in [4.78, 5) is 16.5. The minimum absolute atomic E-state index is 0.228. The van der Waals surface area contributed by atoms with E-state index in [0.29, 0.717) is 17.9 Å². The molecule has 0 unspecified atom stereocenters. The van der Waals surface area contributed by atoms with Gasteiger partial charge in [-0.1, -0.05) is 18.6 Å². The molecule has 0 saturated heterocycles. The Hall–Kier alpha value is -3.09. The Labute approximate surface area is 144 Å². The molecule has 0 aliphatic carbocycles. The van der Waals surface area contributed by atoms with E-state index in [4.69, 9.17) is 0 Å². The van der Waals surface area contributed by atoms with Crippen LogP contribution in [0.5, 0.6) is 0 Å². The van der Waals surface area contributed by atoms with Gasteiger partial charge in [0.05, 0.1) is 5.69 Å². The van der Waals surface area contributed by atoms with Gasteiger partial charge in [0.2, 0.25) is 0 Å². The quantitative estimate of drug-likeness (QED) is 0.701. The van der Waals surface area contributed by atoms with Crippen LogP contribution in [-0.4, -0.2) is 32.4 Å². The summed E-state index contributed by atoms with van der Waals surface area (Å²) in [5, 5.41) is 11.0. The molecule has 1 N–H and O–H groups in total. The first-order valence-corrected chi connectivity index (χ1v) is 8.11. The number of carbonyl (C=O) groups is 1. The highest BCUT2D eigenvalue weighted by Gasteiger charge is 2.21. The van der Waals surface area contributed by atoms with Crippen LogP contribution < -0.4 is 5.32 Å². The molecule has 3 aromatic rings. The van der Waals surface area contributed by atoms with E-state index in [-0.39, 0.29) is 17.4 Å². The fourth-order valence-electron chi connectivity index (χ4n) is 2.43. The molecule has 3 rings (SSSR count). The second kappa shape index (κ2) is 7.65. The Morgan fingerprint density at radius 3 is 2.56 bits per heavy atom. The molecule has 1 amide bonds. The molecular weight excluding hydrogens is 321 g/mol. The van der Waals surface area contributed by atoms with Crippen molar-refractivity contribution in [1.29, 1.82) is 0 Å². The molecule has 0 aliphatic heterocycles. The molecule has 0 atom stereocenters. The molecule has 0 saturated carbocycles. The summed E-state index contributed by atoms with van der Waals surface area (Å²) in [5.74, 6) is -0.625. The second-order valence-corrected chi connectivity index (χ2v) is 5.52. The predicted octanol–water partition coefficient (Wildman–Crippen LogP) is 3.00. The molecule has 0 radical (unpaired) electrons. The summed E-state index contributed by atoms with van der Waals surface area (Å²) in [5.41, 5.74) is 2.15. The third-order valence-electron chi connectivity index (χ3n) is 3.73. The van der Waals surface area contributed by atoms with Crippen LogP contribution in [0.15, 0.2) is 48.8 Å². The SMILES string of the molecule is CCCCNC(=O)c1nnn(-c2ccc(F)cc2)c1-c1ccncc1. The van der Waals surface area contributed by atoms with Gasteiger partial charge in [-0.25, -0.2) is 9.07 Å². The molecule has 128 valence electrons. The monoisotopic (exact) mass is 339 g/mol. The van der Waals surface area contributed by atoms with Gasteiger partial charge in [0.25, 0.3) is 5.91 Å². The van der Waals surface area contributed by atoms with Gasteiger partial charge in [-0.15, -0.1) is 5.10 Å². The first-order valence-electron chi connectivity index (χ1n) is 8.11. The van der Waals surface area contributed by atoms with Crippen LogP contribution >= 0.6 is 0 Å². The third kappa shape index (κ3) is 3.71. The van der Waals surface area contributed by atoms with E-state index < -0.39 is 0 Å². The average molecular weight is 339 g/mol. The van der Waals surface area contributed by atoms with E-state index in [0.717, 1.165) is 18.4 Å². The van der Waals surface area contributed by atoms with Crippen LogP contribution in [0.3, 0.4) is 0 Å². The van der Waals surface area contributed by atoms with Gasteiger partial charge < -0.3 is 5.32 Å². The molecule has 2 aromatic heterocycles. The lowest BCUT2D eigenvalue weighted by Gasteiger charge is -2.08. The van der Waals surface area contributed by atoms with Crippen LogP contribution in [0.4, 0.5) is 4.39 Å². The van der Waals surface area contributed by atoms with E-state index in [2.05, 4.69) is 27.5 Å². The van der Waals surface area contributed by atoms with Gasteiger partial charge in [-0.05, 0) is 42.8 Å². The number of unbranched alkanes of at least 4 members (excludes halogenated alkanes) is 1. The zero-order valence-electron chi connectivity index (χ0n) is 13.8. The van der Waals surface area contributed by atoms with E-state index in [1.807, 2.05) is 0 Å². The summed E-state index contributed by atoms with van der Waals surface area (Å²) >= 11 is 0. The van der Waals surface area contributed by atoms with Crippen LogP contribution in [-0.2, 0) is 0 Å². The number of carbonyl (C=O) groups excluding carboxylic acids is 1. The van der Waals surface area contributed by atoms with Crippen molar-refractivity contribution in [2.75, 3.05) is 6.54 Å². The maximum atomic E-state index is 13.2. The molecule has 0 fully saturated rings. The summed E-state index contributed by atoms with van der Waals surface area (Å²) < 4.78 is 14.7. The van der Waals surface area contributed by atoms with Gasteiger partial charge in [-0.3, -0.25) is 9.78 Å². The van der Waals surface area contributed by atoms with Gasteiger partial charge in [0, 0.05) is 24.5 Å². The first kappa shape index (κ1) is 16.8. The van der Waals surface area contributed by atoms with Crippen molar-refractivity contribution in [1.82, 2.24) is 25.3 Å². The van der Waals surface area contributed by atoms with Crippen molar-refractivity contribution >= 4 is 5.91 Å². The van der Waals surface area contributed by atoms with Crippen molar-refractivity contribution in [3.63, 3.8) is 0 Å². The van der Waals surface area contributed by atoms with Crippen molar-refractivity contribution in [2.24, 2.45) is 0 Å². The number of amides is 1. The standard InChI is InChI=1S/C18H18FN5O/c1-2-3-10-21-18(25)16-17(13-8-11-20-12-9-13)24(23-22-16)15-6-4-14(19)5-7-15/h4-9,11-12H,2-3,10H2,1H3,(H,21,25). The predicted molar refractivity (Wildman–Crippen MR) is 91.8 cm³/mol. The van der Waals surface area contributed by atoms with Gasteiger partial charge in [0.1, 0.15) is 11.5 Å². The Kier molecular flexibility index (Phi) is 5.13. The van der Waals surface area contributed by atoms with Crippen LogP contribution in [0, 0.1) is 5.82 Å². The molecule has 2 heterocycles. The fourth-order valence-corrected chi connectivity index (χ4v) is 2.43. The summed E-state index contributed by atoms with van der Waals surface area (Å²) in [7, 11) is 0. The maximum Gasteiger partial charge on any atom is 0.274 e. The highest BCUT2D eigenvalue weighted by molar-refractivity contribution is 5.98. The first-order chi connectivity index (χ1) is 12.2. The molecule has 25 heavy (non-hydrogen) atoms. The van der Waals surface area contributed by atoms with Crippen molar-refractivity contribution in [3.8, 4) is 16.9 Å². The lowest BCUT2D eigenvalue weighted by atomic mass is 10.1. The van der Waals surface area contributed by atoms with E-state index >= 15 is 0 Å². The molecule has 6 nitrogen and oxygen atoms in total. The van der Waals surface area contributed by atoms with Crippen molar-refractivity contribution in [2.45, 2.75) is 19.8 Å². The topological polar surface area (TPSA) is 72.7 Å². The molecule has 0 aliphatic rings. The summed E-state index contributed by atoms with van der Waals surface area (Å²) in [6, 6.07) is 9.42. The lowest BCUT2D eigenvalue weighted by molar-refractivity contribution is 0.0949. The number of benzene rings is 1. The van der Waals surface area contributed by atoms with E-state index in [9.17, 15) is 9.18 Å². The number of halogens is 1. The molecule has 0 bridgehead atoms. The Morgan fingerprint density at radius 1 is 1.16 bits per heavy atom. The summed E-state index contributed by atoms with van der Waals surface area (Å²) in [6.07, 6.45) is 5.15. The molecular formula is C18H18FN5O. The van der Waals surface area contributed by atoms with Gasteiger partial charge in [0.15, 0.2) is 5.69 Å². The Morgan fingerprint density at radius 2 is 1.88 bits per heavy atom. The number of nitrogens with zero attached hydrogens (tertiary/aromatic N) is 4. The normalized spacial score (nSPS) is 10.6. The summed E-state index contributed by atoms with van der Waals surface area (Å²) in [6.45, 7) is 2.63. The smallest absolute Gasteiger partial charge is 0.274 e. The van der Waals surface area contributed by atoms with Gasteiger partial charge >= 0.3 is 0 Å². The zero-order valence-corrected chi connectivity index (χ0v) is 13.8. The van der Waals surface area contributed by atoms with Crippen LogP contribution in [0.1, 0.15) is 30.3 Å². The molecule has 7 heteroatoms.